The monoisotopic (exact) mass is 728 g/mol. The maximum Gasteiger partial charge on any atom is 0.416 e. The summed E-state index contributed by atoms with van der Waals surface area (Å²) >= 11 is 0. The van der Waals surface area contributed by atoms with Crippen molar-refractivity contribution >= 4 is 23.3 Å². The van der Waals surface area contributed by atoms with Crippen LogP contribution in [0.4, 0.5) is 29.3 Å². The van der Waals surface area contributed by atoms with Crippen molar-refractivity contribution in [1.29, 1.82) is 0 Å². The second kappa shape index (κ2) is 17.3. The van der Waals surface area contributed by atoms with E-state index in [0.717, 1.165) is 30.5 Å². The molecule has 3 aromatic carbocycles. The standard InChI is InChI=1S/C38H47F3N4O7/c1-24-19-45(25(2)22-46)36(47)31-17-29(42-37(48)43-30-13-15-33-34(18-30)51-23-50-33)12-14-32(31)52-26(3)7-5-6-16-49-35(24)21-44(4)20-27-8-10-28(11-9-27)38(39,40)41/h8-15,17-18,24-26,35,46H,5-7,16,19-23H2,1-4H3,(H2,42,43,48)/t24-,25+,26+,35-/m1/s1. The Morgan fingerprint density at radius 2 is 1.65 bits per heavy atom. The number of nitrogens with zero attached hydrogens (tertiary/aromatic N) is 2. The molecule has 5 rings (SSSR count). The minimum absolute atomic E-state index is 0.107. The first kappa shape index (κ1) is 38.7. The number of alkyl halides is 3. The molecule has 282 valence electrons. The van der Waals surface area contributed by atoms with Crippen LogP contribution in [0.1, 0.15) is 61.5 Å². The normalized spacial score (nSPS) is 20.4. The summed E-state index contributed by atoms with van der Waals surface area (Å²) in [4.78, 5) is 31.0. The first-order valence-corrected chi connectivity index (χ1v) is 17.5. The molecule has 0 unspecified atom stereocenters. The number of aliphatic hydroxyl groups is 1. The molecule has 11 nitrogen and oxygen atoms in total. The highest BCUT2D eigenvalue weighted by Gasteiger charge is 2.32. The highest BCUT2D eigenvalue weighted by atomic mass is 19.4. The molecule has 2 heterocycles. The van der Waals surface area contributed by atoms with Crippen molar-refractivity contribution in [3.8, 4) is 17.2 Å². The highest BCUT2D eigenvalue weighted by molar-refractivity contribution is 6.02. The van der Waals surface area contributed by atoms with Crippen LogP contribution in [0.5, 0.6) is 17.2 Å². The molecule has 0 aromatic heterocycles. The molecule has 3 aromatic rings. The molecule has 0 aliphatic carbocycles. The Morgan fingerprint density at radius 1 is 0.981 bits per heavy atom. The molecule has 4 atom stereocenters. The van der Waals surface area contributed by atoms with E-state index in [2.05, 4.69) is 10.6 Å². The Kier molecular flexibility index (Phi) is 12.9. The van der Waals surface area contributed by atoms with Gasteiger partial charge >= 0.3 is 12.2 Å². The van der Waals surface area contributed by atoms with Crippen molar-refractivity contribution in [3.63, 3.8) is 0 Å². The lowest BCUT2D eigenvalue weighted by atomic mass is 10.0. The van der Waals surface area contributed by atoms with E-state index in [0.29, 0.717) is 54.7 Å². The lowest BCUT2D eigenvalue weighted by Gasteiger charge is -2.36. The van der Waals surface area contributed by atoms with E-state index in [-0.39, 0.29) is 49.5 Å². The van der Waals surface area contributed by atoms with Crippen LogP contribution >= 0.6 is 0 Å². The number of anilines is 2. The summed E-state index contributed by atoms with van der Waals surface area (Å²) in [7, 11) is 1.88. The predicted octanol–water partition coefficient (Wildman–Crippen LogP) is 7.01. The van der Waals surface area contributed by atoms with Gasteiger partial charge in [-0.25, -0.2) is 4.79 Å². The first-order chi connectivity index (χ1) is 24.8. The lowest BCUT2D eigenvalue weighted by Crippen LogP contribution is -2.47. The van der Waals surface area contributed by atoms with Gasteiger partial charge in [0.25, 0.3) is 5.91 Å². The number of nitrogens with one attached hydrogen (secondary N) is 2. The summed E-state index contributed by atoms with van der Waals surface area (Å²) in [6.45, 7) is 7.06. The van der Waals surface area contributed by atoms with Gasteiger partial charge in [-0.15, -0.1) is 0 Å². The van der Waals surface area contributed by atoms with Gasteiger partial charge in [0.1, 0.15) is 5.75 Å². The van der Waals surface area contributed by atoms with Gasteiger partial charge in [-0.3, -0.25) is 9.69 Å². The maximum absolute atomic E-state index is 14.4. The van der Waals surface area contributed by atoms with Crippen molar-refractivity contribution < 1.29 is 46.8 Å². The van der Waals surface area contributed by atoms with E-state index in [1.165, 1.54) is 12.1 Å². The molecule has 0 spiro atoms. The van der Waals surface area contributed by atoms with Gasteiger partial charge in [0.05, 0.1) is 36.0 Å². The molecular weight excluding hydrogens is 681 g/mol. The number of ether oxygens (including phenoxy) is 4. The van der Waals surface area contributed by atoms with Crippen LogP contribution in [-0.4, -0.2) is 85.2 Å². The molecule has 0 saturated heterocycles. The molecule has 3 amide bonds. The van der Waals surface area contributed by atoms with E-state index in [1.807, 2.05) is 25.8 Å². The summed E-state index contributed by atoms with van der Waals surface area (Å²) in [5.74, 6) is 0.885. The summed E-state index contributed by atoms with van der Waals surface area (Å²) in [5, 5.41) is 15.8. The fourth-order valence-corrected chi connectivity index (χ4v) is 6.21. The van der Waals surface area contributed by atoms with E-state index in [1.54, 1.807) is 48.2 Å². The summed E-state index contributed by atoms with van der Waals surface area (Å²) < 4.78 is 62.7. The Labute approximate surface area is 302 Å². The van der Waals surface area contributed by atoms with Gasteiger partial charge in [0.15, 0.2) is 11.5 Å². The number of fused-ring (bicyclic) bond motifs is 2. The van der Waals surface area contributed by atoms with Crippen molar-refractivity contribution in [2.45, 2.75) is 71.0 Å². The van der Waals surface area contributed by atoms with E-state index in [9.17, 15) is 27.9 Å². The van der Waals surface area contributed by atoms with Crippen molar-refractivity contribution in [3.05, 3.63) is 77.4 Å². The molecule has 0 fully saturated rings. The Balaban J connectivity index is 1.34. The van der Waals surface area contributed by atoms with Gasteiger partial charge in [-0.2, -0.15) is 13.2 Å². The summed E-state index contributed by atoms with van der Waals surface area (Å²) in [6, 6.07) is 14.0. The topological polar surface area (TPSA) is 122 Å². The average molecular weight is 729 g/mol. The average Bonchev–Trinajstić information content (AvgIpc) is 3.57. The number of benzene rings is 3. The van der Waals surface area contributed by atoms with Crippen LogP contribution in [-0.2, 0) is 17.5 Å². The Bertz CT molecular complexity index is 1670. The summed E-state index contributed by atoms with van der Waals surface area (Å²) in [5.41, 5.74) is 1.12. The maximum atomic E-state index is 14.4. The van der Waals surface area contributed by atoms with Crippen LogP contribution in [0.15, 0.2) is 60.7 Å². The third-order valence-corrected chi connectivity index (χ3v) is 9.17. The predicted molar refractivity (Wildman–Crippen MR) is 190 cm³/mol. The van der Waals surface area contributed by atoms with Crippen molar-refractivity contribution in [1.82, 2.24) is 9.80 Å². The third kappa shape index (κ3) is 10.3. The zero-order valence-electron chi connectivity index (χ0n) is 29.9. The fourth-order valence-electron chi connectivity index (χ4n) is 6.21. The molecule has 0 radical (unpaired) electrons. The number of aliphatic hydroxyl groups excluding tert-OH is 1. The van der Waals surface area contributed by atoms with Crippen LogP contribution in [0.25, 0.3) is 0 Å². The van der Waals surface area contributed by atoms with E-state index >= 15 is 0 Å². The quantitative estimate of drug-likeness (QED) is 0.227. The zero-order chi connectivity index (χ0) is 37.4. The minimum Gasteiger partial charge on any atom is -0.490 e. The Hall–Kier alpha value is -4.53. The molecule has 2 aliphatic rings. The van der Waals surface area contributed by atoms with Crippen LogP contribution < -0.4 is 24.8 Å². The fraction of sp³-hybridized carbons (Fsp3) is 0.474. The molecule has 2 aliphatic heterocycles. The Morgan fingerprint density at radius 3 is 2.35 bits per heavy atom. The van der Waals surface area contributed by atoms with Crippen LogP contribution in [0, 0.1) is 5.92 Å². The first-order valence-electron chi connectivity index (χ1n) is 17.5. The smallest absolute Gasteiger partial charge is 0.416 e. The molecule has 52 heavy (non-hydrogen) atoms. The lowest BCUT2D eigenvalue weighted by molar-refractivity contribution is -0.137. The molecule has 0 bridgehead atoms. The number of hydrogen-bond acceptors (Lipinski definition) is 8. The molecule has 3 N–H and O–H groups in total. The summed E-state index contributed by atoms with van der Waals surface area (Å²) in [6.07, 6.45) is -2.65. The number of carbonyl (C=O) groups is 2. The molecular formula is C38H47F3N4O7. The third-order valence-electron chi connectivity index (χ3n) is 9.17. The van der Waals surface area contributed by atoms with Crippen molar-refractivity contribution in [2.24, 2.45) is 5.92 Å². The number of hydrogen-bond donors (Lipinski definition) is 3. The number of carbonyl (C=O) groups excluding carboxylic acids is 2. The van der Waals surface area contributed by atoms with Crippen molar-refractivity contribution in [2.75, 3.05) is 50.8 Å². The van der Waals surface area contributed by atoms with Gasteiger partial charge in [0.2, 0.25) is 6.79 Å². The number of rotatable bonds is 8. The van der Waals surface area contributed by atoms with Crippen LogP contribution in [0.2, 0.25) is 0 Å². The molecule has 14 heteroatoms. The van der Waals surface area contributed by atoms with Gasteiger partial charge < -0.3 is 39.6 Å². The van der Waals surface area contributed by atoms with Gasteiger partial charge in [0, 0.05) is 49.6 Å². The number of amides is 3. The SMILES string of the molecule is C[C@@H]1CN([C@@H](C)CO)C(=O)c2cc(NC(=O)Nc3ccc4c(c3)OCO4)ccc2O[C@@H](C)CCCCO[C@@H]1CN(C)Cc1ccc(C(F)(F)F)cc1. The number of urea groups is 1. The van der Waals surface area contributed by atoms with Gasteiger partial charge in [-0.05, 0) is 88.2 Å². The van der Waals surface area contributed by atoms with E-state index < -0.39 is 23.8 Å². The van der Waals surface area contributed by atoms with E-state index in [4.69, 9.17) is 18.9 Å². The molecule has 0 saturated carbocycles. The second-order valence-electron chi connectivity index (χ2n) is 13.5. The highest BCUT2D eigenvalue weighted by Crippen LogP contribution is 2.35. The largest absolute Gasteiger partial charge is 0.490 e. The van der Waals surface area contributed by atoms with Crippen LogP contribution in [0.3, 0.4) is 0 Å². The zero-order valence-corrected chi connectivity index (χ0v) is 29.9. The minimum atomic E-state index is -4.40. The second-order valence-corrected chi connectivity index (χ2v) is 13.5. The number of halogens is 3. The van der Waals surface area contributed by atoms with Gasteiger partial charge in [-0.1, -0.05) is 19.1 Å². The number of likely N-dealkylation sites (N-methyl/N-ethyl adjacent to an activating group) is 1.